The van der Waals surface area contributed by atoms with Crippen molar-refractivity contribution in [3.63, 3.8) is 0 Å². The summed E-state index contributed by atoms with van der Waals surface area (Å²) in [6.07, 6.45) is 2.15. The van der Waals surface area contributed by atoms with Crippen LogP contribution in [-0.2, 0) is 15.4 Å². The van der Waals surface area contributed by atoms with E-state index in [9.17, 15) is 22.0 Å². The lowest BCUT2D eigenvalue weighted by atomic mass is 9.65. The molecule has 1 aliphatic carbocycles. The zero-order valence-electron chi connectivity index (χ0n) is 19.9. The molecular formula is C24H28ClF2N3O5S. The maximum atomic E-state index is 13.5. The van der Waals surface area contributed by atoms with Crippen LogP contribution in [0.5, 0.6) is 11.5 Å². The molecule has 0 radical (unpaired) electrons. The van der Waals surface area contributed by atoms with Crippen LogP contribution in [0, 0.1) is 11.6 Å². The van der Waals surface area contributed by atoms with Crippen LogP contribution in [0.3, 0.4) is 0 Å². The van der Waals surface area contributed by atoms with Gasteiger partial charge in [-0.3, -0.25) is 0 Å². The van der Waals surface area contributed by atoms with Crippen molar-refractivity contribution in [2.45, 2.75) is 43.2 Å². The van der Waals surface area contributed by atoms with Crippen molar-refractivity contribution in [3.05, 3.63) is 53.6 Å². The number of rotatable bonds is 7. The summed E-state index contributed by atoms with van der Waals surface area (Å²) >= 11 is 5.81. The smallest absolute Gasteiger partial charge is 0.319 e. The van der Waals surface area contributed by atoms with Crippen LogP contribution >= 0.6 is 11.6 Å². The molecule has 196 valence electrons. The SMILES string of the molecule is COc1ccc([C@@]23CC[C@@H](NC(=O)Nc4ccc(F)c(F)c4)C[C@@H]2N(S(=O)(=O)CCl)CC3)cc1OC. The van der Waals surface area contributed by atoms with E-state index < -0.39 is 44.4 Å². The van der Waals surface area contributed by atoms with Gasteiger partial charge in [0.2, 0.25) is 10.0 Å². The molecule has 2 N–H and O–H groups in total. The molecule has 3 atom stereocenters. The monoisotopic (exact) mass is 543 g/mol. The Kier molecular flexibility index (Phi) is 7.63. The predicted molar refractivity (Wildman–Crippen MR) is 132 cm³/mol. The number of methoxy groups -OCH3 is 2. The first-order chi connectivity index (χ1) is 17.1. The standard InChI is InChI=1S/C24H28ClF2N3O5S/c1-34-20-6-3-15(11-21(20)35-2)24-8-7-17(13-22(24)30(10-9-24)36(32,33)14-25)29-23(31)28-16-4-5-18(26)19(27)12-16/h3-6,11-12,17,22H,7-10,13-14H2,1-2H3,(H2,28,29,31)/t17-,22+,24+/m1/s1. The van der Waals surface area contributed by atoms with Gasteiger partial charge in [-0.1, -0.05) is 6.07 Å². The van der Waals surface area contributed by atoms with E-state index in [0.717, 1.165) is 17.7 Å². The van der Waals surface area contributed by atoms with Crippen molar-refractivity contribution in [1.29, 1.82) is 0 Å². The molecule has 2 aromatic rings. The number of amides is 2. The van der Waals surface area contributed by atoms with Crippen LogP contribution in [0.25, 0.3) is 0 Å². The molecule has 0 spiro atoms. The van der Waals surface area contributed by atoms with Crippen LogP contribution in [0.4, 0.5) is 19.3 Å². The summed E-state index contributed by atoms with van der Waals surface area (Å²) in [6.45, 7) is 0.307. The van der Waals surface area contributed by atoms with Crippen molar-refractivity contribution in [2.75, 3.05) is 31.3 Å². The molecule has 0 bridgehead atoms. The fourth-order valence-electron chi connectivity index (χ4n) is 5.44. The Bertz CT molecular complexity index is 1250. The number of halogens is 3. The quantitative estimate of drug-likeness (QED) is 0.510. The number of ether oxygens (including phenoxy) is 2. The fourth-order valence-corrected chi connectivity index (χ4v) is 6.99. The first kappa shape index (κ1) is 26.4. The number of sulfonamides is 1. The van der Waals surface area contributed by atoms with Crippen LogP contribution in [0.2, 0.25) is 0 Å². The van der Waals surface area contributed by atoms with Gasteiger partial charge in [0.15, 0.2) is 23.1 Å². The number of anilines is 1. The summed E-state index contributed by atoms with van der Waals surface area (Å²) in [7, 11) is -0.624. The number of carbonyl (C=O) groups excluding carboxylic acids is 1. The topological polar surface area (TPSA) is 97.0 Å². The highest BCUT2D eigenvalue weighted by Gasteiger charge is 2.54. The average molecular weight is 544 g/mol. The first-order valence-electron chi connectivity index (χ1n) is 11.4. The molecule has 12 heteroatoms. The van der Waals surface area contributed by atoms with Crippen molar-refractivity contribution in [2.24, 2.45) is 0 Å². The summed E-state index contributed by atoms with van der Waals surface area (Å²) in [5.74, 6) is -0.964. The van der Waals surface area contributed by atoms with E-state index in [-0.39, 0.29) is 11.7 Å². The molecule has 0 unspecified atom stereocenters. The minimum Gasteiger partial charge on any atom is -0.493 e. The summed E-state index contributed by atoms with van der Waals surface area (Å²) in [6, 6.07) is 7.31. The third-order valence-corrected chi connectivity index (χ3v) is 9.43. The van der Waals surface area contributed by atoms with Crippen LogP contribution < -0.4 is 20.1 Å². The van der Waals surface area contributed by atoms with Gasteiger partial charge in [0.25, 0.3) is 0 Å². The van der Waals surface area contributed by atoms with Gasteiger partial charge in [-0.25, -0.2) is 22.0 Å². The number of nitrogens with one attached hydrogen (secondary N) is 2. The van der Waals surface area contributed by atoms with Gasteiger partial charge in [0.05, 0.1) is 14.2 Å². The van der Waals surface area contributed by atoms with Gasteiger partial charge in [-0.05, 0) is 55.5 Å². The van der Waals surface area contributed by atoms with E-state index in [2.05, 4.69) is 10.6 Å². The minimum atomic E-state index is -3.71. The lowest BCUT2D eigenvalue weighted by Gasteiger charge is -2.45. The molecule has 2 aliphatic rings. The van der Waals surface area contributed by atoms with E-state index in [1.807, 2.05) is 12.1 Å². The Balaban J connectivity index is 1.58. The summed E-state index contributed by atoms with van der Waals surface area (Å²) < 4.78 is 64.7. The highest BCUT2D eigenvalue weighted by atomic mass is 35.5. The Hall–Kier alpha value is -2.63. The lowest BCUT2D eigenvalue weighted by Crippen LogP contribution is -2.54. The largest absolute Gasteiger partial charge is 0.493 e. The van der Waals surface area contributed by atoms with E-state index in [0.29, 0.717) is 43.7 Å². The Morgan fingerprint density at radius 2 is 1.86 bits per heavy atom. The van der Waals surface area contributed by atoms with Crippen molar-refractivity contribution < 1.29 is 31.5 Å². The molecular weight excluding hydrogens is 516 g/mol. The van der Waals surface area contributed by atoms with Gasteiger partial charge in [-0.2, -0.15) is 4.31 Å². The zero-order valence-corrected chi connectivity index (χ0v) is 21.5. The molecule has 2 aromatic carbocycles. The van der Waals surface area contributed by atoms with Crippen LogP contribution in [0.1, 0.15) is 31.2 Å². The highest BCUT2D eigenvalue weighted by molar-refractivity contribution is 7.90. The molecule has 1 saturated carbocycles. The van der Waals surface area contributed by atoms with E-state index in [1.54, 1.807) is 20.3 Å². The summed E-state index contributed by atoms with van der Waals surface area (Å²) in [5.41, 5.74) is 0.546. The lowest BCUT2D eigenvalue weighted by molar-refractivity contribution is 0.184. The molecule has 1 saturated heterocycles. The number of carbonyl (C=O) groups is 1. The second-order valence-corrected chi connectivity index (χ2v) is 11.5. The number of hydrogen-bond donors (Lipinski definition) is 2. The molecule has 0 aromatic heterocycles. The summed E-state index contributed by atoms with van der Waals surface area (Å²) in [5, 5.41) is 4.81. The van der Waals surface area contributed by atoms with Gasteiger partial charge >= 0.3 is 6.03 Å². The predicted octanol–water partition coefficient (Wildman–Crippen LogP) is 4.19. The Morgan fingerprint density at radius 1 is 1.11 bits per heavy atom. The summed E-state index contributed by atoms with van der Waals surface area (Å²) in [4.78, 5) is 12.6. The third kappa shape index (κ3) is 4.96. The number of nitrogens with zero attached hydrogens (tertiary/aromatic N) is 1. The van der Waals surface area contributed by atoms with Gasteiger partial charge in [0, 0.05) is 35.8 Å². The van der Waals surface area contributed by atoms with Crippen LogP contribution in [-0.4, -0.2) is 56.8 Å². The molecule has 1 aliphatic heterocycles. The zero-order chi connectivity index (χ0) is 26.1. The molecule has 2 amide bonds. The molecule has 4 rings (SSSR count). The first-order valence-corrected chi connectivity index (χ1v) is 13.6. The Labute approximate surface area is 213 Å². The minimum absolute atomic E-state index is 0.106. The fraction of sp³-hybridized carbons (Fsp3) is 0.458. The molecule has 2 fully saturated rings. The molecule has 8 nitrogen and oxygen atoms in total. The Morgan fingerprint density at radius 3 is 2.53 bits per heavy atom. The molecule has 36 heavy (non-hydrogen) atoms. The number of hydrogen-bond acceptors (Lipinski definition) is 5. The van der Waals surface area contributed by atoms with E-state index in [4.69, 9.17) is 21.1 Å². The average Bonchev–Trinajstić information content (AvgIpc) is 3.26. The maximum Gasteiger partial charge on any atom is 0.319 e. The maximum absolute atomic E-state index is 13.5. The second-order valence-electron chi connectivity index (χ2n) is 9.02. The van der Waals surface area contributed by atoms with E-state index >= 15 is 0 Å². The van der Waals surface area contributed by atoms with Gasteiger partial charge in [-0.15, -0.1) is 11.6 Å². The second kappa shape index (κ2) is 10.4. The molecule has 1 heterocycles. The van der Waals surface area contributed by atoms with Crippen LogP contribution in [0.15, 0.2) is 36.4 Å². The third-order valence-electron chi connectivity index (χ3n) is 7.18. The number of fused-ring (bicyclic) bond motifs is 1. The van der Waals surface area contributed by atoms with Crippen molar-refractivity contribution in [1.82, 2.24) is 9.62 Å². The normalized spacial score (nSPS) is 24.1. The highest BCUT2D eigenvalue weighted by Crippen LogP contribution is 2.51. The number of benzene rings is 2. The van der Waals surface area contributed by atoms with Gasteiger partial charge < -0.3 is 20.1 Å². The number of urea groups is 1. The van der Waals surface area contributed by atoms with E-state index in [1.165, 1.54) is 10.4 Å². The van der Waals surface area contributed by atoms with Crippen molar-refractivity contribution >= 4 is 33.3 Å². The van der Waals surface area contributed by atoms with Crippen molar-refractivity contribution in [3.8, 4) is 11.5 Å². The van der Waals surface area contributed by atoms with Gasteiger partial charge in [0.1, 0.15) is 5.21 Å². The number of alkyl halides is 1.